The quantitative estimate of drug-likeness (QED) is 0.833. The van der Waals surface area contributed by atoms with E-state index < -0.39 is 6.04 Å². The summed E-state index contributed by atoms with van der Waals surface area (Å²) in [5.41, 5.74) is 7.01. The number of halogens is 1. The maximum atomic E-state index is 12.9. The molecule has 1 unspecified atom stereocenters. The Bertz CT molecular complexity index is 713. The van der Waals surface area contributed by atoms with Gasteiger partial charge in [-0.25, -0.2) is 4.39 Å². The van der Waals surface area contributed by atoms with Gasteiger partial charge in [-0.1, -0.05) is 12.1 Å². The average Bonchev–Trinajstić information content (AvgIpc) is 2.69. The highest BCUT2D eigenvalue weighted by atomic mass is 19.1. The summed E-state index contributed by atoms with van der Waals surface area (Å²) < 4.78 is 23.8. The SMILES string of the molecule is NC(C(=O)NCc1ccc(Oc2ccc(F)cc2)cc1)C1CCOCC1. The number of nitrogens with one attached hydrogen (secondary N) is 1. The summed E-state index contributed by atoms with van der Waals surface area (Å²) >= 11 is 0. The summed E-state index contributed by atoms with van der Waals surface area (Å²) in [6.07, 6.45) is 1.65. The lowest BCUT2D eigenvalue weighted by molar-refractivity contribution is -0.124. The highest BCUT2D eigenvalue weighted by molar-refractivity contribution is 5.81. The topological polar surface area (TPSA) is 73.6 Å². The Labute approximate surface area is 152 Å². The van der Waals surface area contributed by atoms with E-state index in [-0.39, 0.29) is 17.6 Å². The van der Waals surface area contributed by atoms with E-state index in [0.717, 1.165) is 18.4 Å². The number of amides is 1. The highest BCUT2D eigenvalue weighted by Crippen LogP contribution is 2.22. The van der Waals surface area contributed by atoms with Crippen molar-refractivity contribution in [1.29, 1.82) is 0 Å². The van der Waals surface area contributed by atoms with E-state index in [1.54, 1.807) is 12.1 Å². The minimum absolute atomic E-state index is 0.136. The summed E-state index contributed by atoms with van der Waals surface area (Å²) in [7, 11) is 0. The third-order valence-electron chi connectivity index (χ3n) is 4.52. The molecule has 0 spiro atoms. The second-order valence-electron chi connectivity index (χ2n) is 6.39. The summed E-state index contributed by atoms with van der Waals surface area (Å²) in [6, 6.07) is 12.7. The summed E-state index contributed by atoms with van der Waals surface area (Å²) in [5, 5.41) is 2.88. The molecule has 6 heteroatoms. The molecule has 1 fully saturated rings. The molecule has 0 bridgehead atoms. The zero-order valence-corrected chi connectivity index (χ0v) is 14.5. The monoisotopic (exact) mass is 358 g/mol. The molecule has 3 rings (SSSR count). The van der Waals surface area contributed by atoms with Crippen molar-refractivity contribution in [3.05, 3.63) is 59.9 Å². The van der Waals surface area contributed by atoms with Gasteiger partial charge < -0.3 is 20.5 Å². The van der Waals surface area contributed by atoms with Gasteiger partial charge in [0.25, 0.3) is 0 Å². The molecule has 1 aliphatic heterocycles. The third kappa shape index (κ3) is 5.03. The van der Waals surface area contributed by atoms with Crippen molar-refractivity contribution >= 4 is 5.91 Å². The van der Waals surface area contributed by atoms with Crippen LogP contribution in [0.1, 0.15) is 18.4 Å². The Morgan fingerprint density at radius 3 is 2.31 bits per heavy atom. The molecule has 0 saturated carbocycles. The molecule has 1 aliphatic rings. The van der Waals surface area contributed by atoms with Gasteiger partial charge in [0, 0.05) is 19.8 Å². The molecule has 2 aromatic carbocycles. The number of carbonyl (C=O) groups is 1. The van der Waals surface area contributed by atoms with Crippen LogP contribution in [0.4, 0.5) is 4.39 Å². The fraction of sp³-hybridized carbons (Fsp3) is 0.350. The molecule has 1 atom stereocenters. The van der Waals surface area contributed by atoms with Crippen molar-refractivity contribution in [3.8, 4) is 11.5 Å². The van der Waals surface area contributed by atoms with Crippen molar-refractivity contribution in [1.82, 2.24) is 5.32 Å². The fourth-order valence-electron chi connectivity index (χ4n) is 2.91. The molecule has 1 amide bonds. The highest BCUT2D eigenvalue weighted by Gasteiger charge is 2.26. The van der Waals surface area contributed by atoms with E-state index in [4.69, 9.17) is 15.2 Å². The minimum Gasteiger partial charge on any atom is -0.457 e. The normalized spacial score (nSPS) is 16.1. The first-order chi connectivity index (χ1) is 12.6. The second-order valence-corrected chi connectivity index (χ2v) is 6.39. The predicted molar refractivity (Wildman–Crippen MR) is 96.3 cm³/mol. The van der Waals surface area contributed by atoms with Crippen molar-refractivity contribution in [3.63, 3.8) is 0 Å². The first-order valence-electron chi connectivity index (χ1n) is 8.75. The standard InChI is InChI=1S/C20H23FN2O3/c21-16-3-7-18(8-4-16)26-17-5-1-14(2-6-17)13-23-20(24)19(22)15-9-11-25-12-10-15/h1-8,15,19H,9-13,22H2,(H,23,24). The predicted octanol–water partition coefficient (Wildman–Crippen LogP) is 2.99. The van der Waals surface area contributed by atoms with Gasteiger partial charge in [0.1, 0.15) is 17.3 Å². The average molecular weight is 358 g/mol. The molecule has 3 N–H and O–H groups in total. The first-order valence-corrected chi connectivity index (χ1v) is 8.75. The number of nitrogens with two attached hydrogens (primary N) is 1. The van der Waals surface area contributed by atoms with Crippen molar-refractivity contribution < 1.29 is 18.7 Å². The van der Waals surface area contributed by atoms with Crippen LogP contribution in [0.15, 0.2) is 48.5 Å². The number of hydrogen-bond donors (Lipinski definition) is 2. The third-order valence-corrected chi connectivity index (χ3v) is 4.52. The first kappa shape index (κ1) is 18.4. The molecule has 2 aromatic rings. The van der Waals surface area contributed by atoms with Gasteiger partial charge in [-0.05, 0) is 60.7 Å². The molecule has 1 heterocycles. The maximum absolute atomic E-state index is 12.9. The Hall–Kier alpha value is -2.44. The van der Waals surface area contributed by atoms with Crippen LogP contribution < -0.4 is 15.8 Å². The van der Waals surface area contributed by atoms with Crippen LogP contribution in [0, 0.1) is 11.7 Å². The van der Waals surface area contributed by atoms with Crippen LogP contribution in [0.5, 0.6) is 11.5 Å². The lowest BCUT2D eigenvalue weighted by Gasteiger charge is -2.26. The zero-order valence-electron chi connectivity index (χ0n) is 14.5. The largest absolute Gasteiger partial charge is 0.457 e. The number of benzene rings is 2. The Balaban J connectivity index is 1.49. The van der Waals surface area contributed by atoms with Gasteiger partial charge in [0.05, 0.1) is 6.04 Å². The second kappa shape index (κ2) is 8.78. The molecule has 1 saturated heterocycles. The van der Waals surface area contributed by atoms with Crippen LogP contribution in [0.3, 0.4) is 0 Å². The van der Waals surface area contributed by atoms with E-state index in [1.165, 1.54) is 12.1 Å². The zero-order chi connectivity index (χ0) is 18.4. The van der Waals surface area contributed by atoms with Crippen LogP contribution in [0.25, 0.3) is 0 Å². The van der Waals surface area contributed by atoms with E-state index >= 15 is 0 Å². The smallest absolute Gasteiger partial charge is 0.237 e. The van der Waals surface area contributed by atoms with E-state index in [1.807, 2.05) is 24.3 Å². The van der Waals surface area contributed by atoms with Crippen molar-refractivity contribution in [2.24, 2.45) is 11.7 Å². The lowest BCUT2D eigenvalue weighted by atomic mass is 9.92. The van der Waals surface area contributed by atoms with Crippen LogP contribution >= 0.6 is 0 Å². The van der Waals surface area contributed by atoms with E-state index in [2.05, 4.69) is 5.32 Å². The summed E-state index contributed by atoms with van der Waals surface area (Å²) in [4.78, 5) is 12.2. The van der Waals surface area contributed by atoms with Crippen LogP contribution in [-0.4, -0.2) is 25.2 Å². The van der Waals surface area contributed by atoms with Gasteiger partial charge in [0.15, 0.2) is 0 Å². The van der Waals surface area contributed by atoms with Crippen molar-refractivity contribution in [2.45, 2.75) is 25.4 Å². The van der Waals surface area contributed by atoms with Crippen molar-refractivity contribution in [2.75, 3.05) is 13.2 Å². The Morgan fingerprint density at radius 1 is 1.12 bits per heavy atom. The molecule has 138 valence electrons. The Kier molecular flexibility index (Phi) is 6.20. The van der Waals surface area contributed by atoms with Crippen LogP contribution in [0.2, 0.25) is 0 Å². The van der Waals surface area contributed by atoms with Gasteiger partial charge in [-0.15, -0.1) is 0 Å². The van der Waals surface area contributed by atoms with Gasteiger partial charge in [0.2, 0.25) is 5.91 Å². The number of rotatable bonds is 6. The fourth-order valence-corrected chi connectivity index (χ4v) is 2.91. The molecular weight excluding hydrogens is 335 g/mol. The number of ether oxygens (including phenoxy) is 2. The van der Waals surface area contributed by atoms with Gasteiger partial charge in [-0.2, -0.15) is 0 Å². The number of hydrogen-bond acceptors (Lipinski definition) is 4. The summed E-state index contributed by atoms with van der Waals surface area (Å²) in [6.45, 7) is 1.74. The minimum atomic E-state index is -0.500. The van der Waals surface area contributed by atoms with Gasteiger partial charge >= 0.3 is 0 Å². The molecule has 0 radical (unpaired) electrons. The lowest BCUT2D eigenvalue weighted by Crippen LogP contribution is -2.46. The maximum Gasteiger partial charge on any atom is 0.237 e. The molecule has 26 heavy (non-hydrogen) atoms. The molecule has 5 nitrogen and oxygen atoms in total. The summed E-state index contributed by atoms with van der Waals surface area (Å²) in [5.74, 6) is 0.946. The Morgan fingerprint density at radius 2 is 1.69 bits per heavy atom. The number of carbonyl (C=O) groups excluding carboxylic acids is 1. The molecular formula is C20H23FN2O3. The molecule has 0 aromatic heterocycles. The van der Waals surface area contributed by atoms with E-state index in [0.29, 0.717) is 31.3 Å². The van der Waals surface area contributed by atoms with Gasteiger partial charge in [-0.3, -0.25) is 4.79 Å². The van der Waals surface area contributed by atoms with E-state index in [9.17, 15) is 9.18 Å². The van der Waals surface area contributed by atoms with Crippen LogP contribution in [-0.2, 0) is 16.1 Å². The molecule has 0 aliphatic carbocycles.